The first kappa shape index (κ1) is 12.4. The van der Waals surface area contributed by atoms with E-state index in [0.717, 1.165) is 0 Å². The second kappa shape index (κ2) is 1.87. The van der Waals surface area contributed by atoms with Crippen molar-refractivity contribution in [3.63, 3.8) is 0 Å². The van der Waals surface area contributed by atoms with Crippen molar-refractivity contribution in [3.8, 4) is 0 Å². The predicted molar refractivity (Wildman–Crippen MR) is 6.65 cm³/mol. The average molecular weight is 208 g/mol. The molecule has 0 spiro atoms. The second-order valence-corrected chi connectivity index (χ2v) is 3.34. The van der Waals surface area contributed by atoms with Crippen LogP contribution in [0.1, 0.15) is 0 Å². The van der Waals surface area contributed by atoms with Gasteiger partial charge in [0.15, 0.2) is 0 Å². The van der Waals surface area contributed by atoms with E-state index in [-0.39, 0.29) is 51.4 Å². The van der Waals surface area contributed by atoms with Gasteiger partial charge in [0.2, 0.25) is 0 Å². The summed E-state index contributed by atoms with van der Waals surface area (Å²) in [5.41, 5.74) is 0. The molecule has 8 heavy (non-hydrogen) atoms. The van der Waals surface area contributed by atoms with Gasteiger partial charge in [-0.1, -0.05) is 0 Å². The molecule has 0 aromatic carbocycles. The molecule has 0 heterocycles. The predicted octanol–water partition coefficient (Wildman–Crippen LogP) is -0.477. The van der Waals surface area contributed by atoms with E-state index in [9.17, 15) is 21.3 Å². The van der Waals surface area contributed by atoms with E-state index in [0.29, 0.717) is 0 Å². The third-order valence-corrected chi connectivity index (χ3v) is 0. The van der Waals surface area contributed by atoms with Crippen LogP contribution in [0.2, 0.25) is 0 Å². The summed E-state index contributed by atoms with van der Waals surface area (Å²) in [7, 11) is 0. The number of hydrogen-bond donors (Lipinski definition) is 0. The van der Waals surface area contributed by atoms with Gasteiger partial charge in [0.1, 0.15) is 0 Å². The quantitative estimate of drug-likeness (QED) is 0.372. The molecule has 0 aliphatic heterocycles. The van der Waals surface area contributed by atoms with Gasteiger partial charge in [-0.15, -0.1) is 0 Å². The first-order chi connectivity index (χ1) is 2.45. The van der Waals surface area contributed by atoms with Crippen LogP contribution in [0.4, 0.5) is 21.3 Å². The molecule has 0 amide bonds. The minimum atomic E-state index is -10.9. The van der Waals surface area contributed by atoms with Crippen molar-refractivity contribution in [1.82, 2.24) is 0 Å². The van der Waals surface area contributed by atoms with Gasteiger partial charge in [-0.3, -0.25) is 0 Å². The molecular formula is F6KMn. The van der Waals surface area contributed by atoms with Crippen LogP contribution in [-0.4, -0.2) is 0 Å². The van der Waals surface area contributed by atoms with Crippen molar-refractivity contribution >= 4 is 0 Å². The largest absolute Gasteiger partial charge is 1.00 e. The van der Waals surface area contributed by atoms with Crippen LogP contribution in [0.25, 0.3) is 0 Å². The molecule has 0 bridgehead atoms. The summed E-state index contributed by atoms with van der Waals surface area (Å²) in [5, 5.41) is 0. The Bertz CT molecular complexity index is 67.1. The van der Waals surface area contributed by atoms with E-state index in [1.165, 1.54) is 0 Å². The Balaban J connectivity index is 0. The fourth-order valence-electron chi connectivity index (χ4n) is 0. The van der Waals surface area contributed by atoms with E-state index in [2.05, 4.69) is 0 Å². The first-order valence-corrected chi connectivity index (χ1v) is 3.53. The van der Waals surface area contributed by atoms with Crippen molar-refractivity contribution < 1.29 is 86.2 Å². The molecule has 50 valence electrons. The van der Waals surface area contributed by atoms with E-state index in [1.54, 1.807) is 0 Å². The zero-order valence-electron chi connectivity index (χ0n) is 3.65. The molecule has 0 N–H and O–H groups in total. The molecule has 0 saturated carbocycles. The Kier molecular flexibility index (Phi) is 2.90. The molecule has 0 fully saturated rings. The topological polar surface area (TPSA) is 0 Å². The Hall–Kier alpha value is 1.74. The fraction of sp³-hybridized carbons (Fsp3) is 0. The van der Waals surface area contributed by atoms with E-state index in [1.807, 2.05) is 0 Å². The summed E-state index contributed by atoms with van der Waals surface area (Å²) in [6, 6.07) is 0. The molecule has 0 unspecified atom stereocenters. The van der Waals surface area contributed by atoms with Crippen LogP contribution in [0.3, 0.4) is 0 Å². The third-order valence-electron chi connectivity index (χ3n) is 0. The summed E-state index contributed by atoms with van der Waals surface area (Å²) < 4.78 is 59.3. The van der Waals surface area contributed by atoms with E-state index < -0.39 is 13.5 Å². The van der Waals surface area contributed by atoms with Gasteiger partial charge in [0, 0.05) is 0 Å². The van der Waals surface area contributed by atoms with Gasteiger partial charge in [0.25, 0.3) is 0 Å². The van der Waals surface area contributed by atoms with Crippen LogP contribution in [0.15, 0.2) is 0 Å². The molecule has 8 heteroatoms. The minimum absolute atomic E-state index is 0. The maximum Gasteiger partial charge on any atom is 1.00 e. The van der Waals surface area contributed by atoms with E-state index in [4.69, 9.17) is 0 Å². The van der Waals surface area contributed by atoms with Crippen LogP contribution < -0.4 is 51.4 Å². The van der Waals surface area contributed by atoms with Crippen LogP contribution >= 0.6 is 0 Å². The monoisotopic (exact) mass is 208 g/mol. The molecule has 0 radical (unpaired) electrons. The Morgan fingerprint density at radius 2 is 0.625 bits per heavy atom. The fourth-order valence-corrected chi connectivity index (χ4v) is 0. The van der Waals surface area contributed by atoms with Gasteiger partial charge in [-0.25, -0.2) is 0 Å². The molecule has 0 nitrogen and oxygen atoms in total. The van der Waals surface area contributed by atoms with Crippen molar-refractivity contribution in [1.29, 1.82) is 0 Å². The van der Waals surface area contributed by atoms with Gasteiger partial charge < -0.3 is 0 Å². The van der Waals surface area contributed by atoms with Gasteiger partial charge in [-0.2, -0.15) is 0 Å². The normalized spacial score (nSPS) is 20.2. The van der Waals surface area contributed by atoms with Crippen molar-refractivity contribution in [3.05, 3.63) is 0 Å². The standard InChI is InChI=1S/6FH.K.Mn/h6*1H;;/q;;;;;;+1;+5/p-6. The molecular weight excluding hydrogens is 208 g/mol. The summed E-state index contributed by atoms with van der Waals surface area (Å²) in [6.07, 6.45) is 0. The SMILES string of the molecule is [F][Mn-]([F])([F])([F])([F])[F].[K+]. The molecule has 0 rings (SSSR count). The smallest absolute Gasteiger partial charge is 1.00 e. The molecule has 0 saturated heterocycles. The Labute approximate surface area is 84.7 Å². The zero-order chi connectivity index (χ0) is 6.41. The summed E-state index contributed by atoms with van der Waals surface area (Å²) in [4.78, 5) is 0. The van der Waals surface area contributed by atoms with Crippen molar-refractivity contribution in [2.75, 3.05) is 0 Å². The zero-order valence-corrected chi connectivity index (χ0v) is 7.95. The van der Waals surface area contributed by atoms with Crippen LogP contribution in [0, 0.1) is 0 Å². The van der Waals surface area contributed by atoms with Gasteiger partial charge in [-0.05, 0) is 0 Å². The molecule has 0 aliphatic carbocycles. The number of halogens is 6. The van der Waals surface area contributed by atoms with Crippen molar-refractivity contribution in [2.24, 2.45) is 0 Å². The molecule has 0 aromatic rings. The maximum atomic E-state index is 9.89. The van der Waals surface area contributed by atoms with Gasteiger partial charge in [0.05, 0.1) is 0 Å². The van der Waals surface area contributed by atoms with Crippen LogP contribution in [-0.2, 0) is 13.5 Å². The molecule has 0 aromatic heterocycles. The second-order valence-electron chi connectivity index (χ2n) is 0.810. The first-order valence-electron chi connectivity index (χ1n) is 0.857. The third kappa shape index (κ3) is 116. The molecule has 0 aliphatic rings. The summed E-state index contributed by atoms with van der Waals surface area (Å²) in [6.45, 7) is 0. The number of hydrogen-bond acceptors (Lipinski definition) is 0. The summed E-state index contributed by atoms with van der Waals surface area (Å²) >= 11 is -10.9. The van der Waals surface area contributed by atoms with Crippen molar-refractivity contribution in [2.45, 2.75) is 0 Å². The minimum Gasteiger partial charge on any atom is 1.00 e. The Morgan fingerprint density at radius 3 is 0.625 bits per heavy atom. The Morgan fingerprint density at radius 1 is 0.625 bits per heavy atom. The summed E-state index contributed by atoms with van der Waals surface area (Å²) in [5.74, 6) is 0. The molecule has 0 atom stereocenters. The van der Waals surface area contributed by atoms with E-state index >= 15 is 0 Å². The maximum absolute atomic E-state index is 10.9. The average Bonchev–Trinajstić information content (AvgIpc) is 0.592. The van der Waals surface area contributed by atoms with Gasteiger partial charge >= 0.3 is 86.2 Å². The number of rotatable bonds is 0. The van der Waals surface area contributed by atoms with Crippen LogP contribution in [0.5, 0.6) is 0 Å².